The predicted molar refractivity (Wildman–Crippen MR) is 74.6 cm³/mol. The van der Waals surface area contributed by atoms with Crippen LogP contribution in [0.25, 0.3) is 0 Å². The van der Waals surface area contributed by atoms with Crippen molar-refractivity contribution in [2.24, 2.45) is 10.8 Å². The zero-order valence-electron chi connectivity index (χ0n) is 11.7. The summed E-state index contributed by atoms with van der Waals surface area (Å²) in [6.07, 6.45) is 3.01. The predicted octanol–water partition coefficient (Wildman–Crippen LogP) is 3.03. The average Bonchev–Trinajstić information content (AvgIpc) is 2.72. The summed E-state index contributed by atoms with van der Waals surface area (Å²) in [5.74, 6) is 5.79. The molecular formula is C14H19F3N4. The molecular weight excluding hydrogens is 281 g/mol. The molecule has 1 fully saturated rings. The fraction of sp³-hybridized carbons (Fsp3) is 0.571. The van der Waals surface area contributed by atoms with Gasteiger partial charge in [0.05, 0.1) is 11.6 Å². The van der Waals surface area contributed by atoms with E-state index < -0.39 is 11.7 Å². The Bertz CT molecular complexity index is 474. The quantitative estimate of drug-likeness (QED) is 0.290. The first kappa shape index (κ1) is 15.8. The first-order valence-corrected chi connectivity index (χ1v) is 7.09. The van der Waals surface area contributed by atoms with Gasteiger partial charge in [-0.05, 0) is 25.0 Å². The number of aromatic nitrogens is 1. The second-order valence-corrected chi connectivity index (χ2v) is 5.20. The monoisotopic (exact) mass is 300 g/mol. The fourth-order valence-electron chi connectivity index (χ4n) is 2.45. The first-order chi connectivity index (χ1) is 10.0. The molecule has 3 N–H and O–H groups in total. The van der Waals surface area contributed by atoms with Gasteiger partial charge in [0, 0.05) is 6.20 Å². The molecule has 0 bridgehead atoms. The van der Waals surface area contributed by atoms with Crippen LogP contribution in [-0.2, 0) is 6.18 Å². The van der Waals surface area contributed by atoms with Crippen LogP contribution in [0.4, 0.5) is 13.2 Å². The summed E-state index contributed by atoms with van der Waals surface area (Å²) in [7, 11) is 0. The lowest BCUT2D eigenvalue weighted by molar-refractivity contribution is -0.137. The Kier molecular flexibility index (Phi) is 5.17. The molecule has 21 heavy (non-hydrogen) atoms. The molecule has 1 saturated carbocycles. The second-order valence-electron chi connectivity index (χ2n) is 5.20. The third-order valence-corrected chi connectivity index (χ3v) is 3.61. The van der Waals surface area contributed by atoms with E-state index >= 15 is 0 Å². The van der Waals surface area contributed by atoms with Crippen LogP contribution < -0.4 is 11.3 Å². The van der Waals surface area contributed by atoms with Crippen molar-refractivity contribution in [1.82, 2.24) is 10.4 Å². The minimum Gasteiger partial charge on any atom is -0.307 e. The molecule has 0 aliphatic heterocycles. The van der Waals surface area contributed by atoms with Crippen LogP contribution in [0.5, 0.6) is 0 Å². The van der Waals surface area contributed by atoms with Crippen molar-refractivity contribution >= 4 is 5.84 Å². The average molecular weight is 300 g/mol. The number of rotatable bonds is 2. The lowest BCUT2D eigenvalue weighted by atomic mass is 10.1. The van der Waals surface area contributed by atoms with Crippen molar-refractivity contribution in [1.29, 1.82) is 0 Å². The molecule has 1 aromatic rings. The van der Waals surface area contributed by atoms with Gasteiger partial charge in [0.1, 0.15) is 5.69 Å². The van der Waals surface area contributed by atoms with Gasteiger partial charge in [-0.3, -0.25) is 9.98 Å². The van der Waals surface area contributed by atoms with Crippen LogP contribution >= 0.6 is 0 Å². The first-order valence-electron chi connectivity index (χ1n) is 7.09. The number of halogens is 3. The molecule has 0 amide bonds. The lowest BCUT2D eigenvalue weighted by Gasteiger charge is -2.13. The van der Waals surface area contributed by atoms with Crippen LogP contribution in [-0.4, -0.2) is 16.9 Å². The summed E-state index contributed by atoms with van der Waals surface area (Å²) in [6.45, 7) is 0. The van der Waals surface area contributed by atoms with Gasteiger partial charge in [0.15, 0.2) is 5.84 Å². The third-order valence-electron chi connectivity index (χ3n) is 3.61. The van der Waals surface area contributed by atoms with Crippen molar-refractivity contribution in [3.05, 3.63) is 29.6 Å². The Morgan fingerprint density at radius 2 is 1.86 bits per heavy atom. The number of alkyl halides is 3. The topological polar surface area (TPSA) is 63.3 Å². The van der Waals surface area contributed by atoms with E-state index in [1.165, 1.54) is 18.9 Å². The summed E-state index contributed by atoms with van der Waals surface area (Å²) < 4.78 is 37.5. The van der Waals surface area contributed by atoms with E-state index in [1.807, 2.05) is 0 Å². The number of pyridine rings is 1. The highest BCUT2D eigenvalue weighted by Crippen LogP contribution is 2.28. The fourth-order valence-corrected chi connectivity index (χ4v) is 2.45. The van der Waals surface area contributed by atoms with E-state index in [-0.39, 0.29) is 6.04 Å². The number of nitrogens with zero attached hydrogens (tertiary/aromatic N) is 2. The number of hydrogen-bond acceptors (Lipinski definition) is 3. The summed E-state index contributed by atoms with van der Waals surface area (Å²) in [4.78, 5) is 8.32. The number of aliphatic imine (C=N–C) groups is 1. The highest BCUT2D eigenvalue weighted by molar-refractivity contribution is 5.96. The van der Waals surface area contributed by atoms with Gasteiger partial charge >= 0.3 is 6.18 Å². The standard InChI is InChI=1S/C14H19F3N4/c15-14(16,17)10-7-8-12(19-9-10)13(21-18)20-11-5-3-1-2-4-6-11/h7-9,11H,1-6,18H2,(H,20,21). The van der Waals surface area contributed by atoms with E-state index in [2.05, 4.69) is 15.4 Å². The van der Waals surface area contributed by atoms with Gasteiger partial charge in [0.2, 0.25) is 0 Å². The molecule has 1 aliphatic carbocycles. The lowest BCUT2D eigenvalue weighted by Crippen LogP contribution is -2.33. The molecule has 2 rings (SSSR count). The second kappa shape index (κ2) is 6.89. The number of hydrogen-bond donors (Lipinski definition) is 2. The van der Waals surface area contributed by atoms with E-state index in [1.54, 1.807) is 0 Å². The highest BCUT2D eigenvalue weighted by atomic mass is 19.4. The van der Waals surface area contributed by atoms with Crippen LogP contribution in [0.15, 0.2) is 23.3 Å². The molecule has 0 aromatic carbocycles. The molecule has 4 nitrogen and oxygen atoms in total. The normalized spacial score (nSPS) is 18.4. The maximum absolute atomic E-state index is 12.5. The maximum Gasteiger partial charge on any atom is 0.417 e. The number of nitrogens with two attached hydrogens (primary N) is 1. The highest BCUT2D eigenvalue weighted by Gasteiger charge is 2.30. The van der Waals surface area contributed by atoms with E-state index in [9.17, 15) is 13.2 Å². The molecule has 7 heteroatoms. The molecule has 1 aromatic heterocycles. The molecule has 1 heterocycles. The summed E-state index contributed by atoms with van der Waals surface area (Å²) in [6, 6.07) is 2.43. The Balaban J connectivity index is 2.16. The number of hydrazine groups is 1. The van der Waals surface area contributed by atoms with E-state index in [0.717, 1.165) is 37.9 Å². The minimum absolute atomic E-state index is 0.155. The smallest absolute Gasteiger partial charge is 0.307 e. The summed E-state index contributed by atoms with van der Waals surface area (Å²) >= 11 is 0. The Labute approximate surface area is 121 Å². The summed E-state index contributed by atoms with van der Waals surface area (Å²) in [5, 5.41) is 0. The Morgan fingerprint density at radius 3 is 2.33 bits per heavy atom. The van der Waals surface area contributed by atoms with Gasteiger partial charge in [-0.15, -0.1) is 0 Å². The van der Waals surface area contributed by atoms with Crippen molar-refractivity contribution in [3.8, 4) is 0 Å². The van der Waals surface area contributed by atoms with Crippen molar-refractivity contribution in [2.75, 3.05) is 0 Å². The van der Waals surface area contributed by atoms with Crippen molar-refractivity contribution in [3.63, 3.8) is 0 Å². The molecule has 0 spiro atoms. The minimum atomic E-state index is -4.39. The SMILES string of the molecule is NNC(=NC1CCCCCC1)c1ccc(C(F)(F)F)cn1. The number of nitrogens with one attached hydrogen (secondary N) is 1. The van der Waals surface area contributed by atoms with Gasteiger partial charge in [-0.1, -0.05) is 25.7 Å². The molecule has 0 saturated heterocycles. The van der Waals surface area contributed by atoms with E-state index in [0.29, 0.717) is 11.5 Å². The molecule has 1 aliphatic rings. The van der Waals surface area contributed by atoms with Crippen LogP contribution in [0.2, 0.25) is 0 Å². The van der Waals surface area contributed by atoms with Gasteiger partial charge in [-0.25, -0.2) is 5.84 Å². The number of amidine groups is 1. The Hall–Kier alpha value is -1.63. The van der Waals surface area contributed by atoms with Crippen molar-refractivity contribution in [2.45, 2.75) is 50.7 Å². The van der Waals surface area contributed by atoms with Gasteiger partial charge in [0.25, 0.3) is 0 Å². The zero-order chi connectivity index (χ0) is 15.3. The van der Waals surface area contributed by atoms with Crippen LogP contribution in [0, 0.1) is 0 Å². The largest absolute Gasteiger partial charge is 0.417 e. The van der Waals surface area contributed by atoms with Crippen LogP contribution in [0.1, 0.15) is 49.8 Å². The Morgan fingerprint density at radius 1 is 1.19 bits per heavy atom. The molecule has 0 radical (unpaired) electrons. The van der Waals surface area contributed by atoms with Crippen LogP contribution in [0.3, 0.4) is 0 Å². The molecule has 0 unspecified atom stereocenters. The van der Waals surface area contributed by atoms with Crippen molar-refractivity contribution < 1.29 is 13.2 Å². The maximum atomic E-state index is 12.5. The third kappa shape index (κ3) is 4.42. The van der Waals surface area contributed by atoms with Gasteiger partial charge in [-0.2, -0.15) is 13.2 Å². The van der Waals surface area contributed by atoms with Gasteiger partial charge < -0.3 is 5.43 Å². The summed E-state index contributed by atoms with van der Waals surface area (Å²) in [5.41, 5.74) is 2.00. The molecule has 116 valence electrons. The van der Waals surface area contributed by atoms with E-state index in [4.69, 9.17) is 5.84 Å². The zero-order valence-corrected chi connectivity index (χ0v) is 11.7. The molecule has 0 atom stereocenters.